The maximum absolute atomic E-state index is 5.20. The summed E-state index contributed by atoms with van der Waals surface area (Å²) in [6.45, 7) is 6.61. The average Bonchev–Trinajstić information content (AvgIpc) is 2.58. The summed E-state index contributed by atoms with van der Waals surface area (Å²) in [5.74, 6) is 0.826. The van der Waals surface area contributed by atoms with Crippen LogP contribution in [-0.4, -0.2) is 36.7 Å². The summed E-state index contributed by atoms with van der Waals surface area (Å²) in [4.78, 5) is 7.14. The van der Waals surface area contributed by atoms with E-state index in [1.54, 1.807) is 7.11 Å². The van der Waals surface area contributed by atoms with Crippen molar-refractivity contribution in [1.82, 2.24) is 9.88 Å². The molecule has 23 heavy (non-hydrogen) atoms. The highest BCUT2D eigenvalue weighted by Crippen LogP contribution is 2.26. The number of nitrogens with zero attached hydrogens (tertiary/aromatic N) is 2. The fraction of sp³-hybridized carbons (Fsp3) is 0.550. The Morgan fingerprint density at radius 3 is 3.09 bits per heavy atom. The van der Waals surface area contributed by atoms with E-state index in [-0.39, 0.29) is 0 Å². The van der Waals surface area contributed by atoms with Crippen molar-refractivity contribution in [2.75, 3.05) is 26.8 Å². The summed E-state index contributed by atoms with van der Waals surface area (Å²) >= 11 is 0. The highest BCUT2D eigenvalue weighted by molar-refractivity contribution is 5.83. The van der Waals surface area contributed by atoms with E-state index in [4.69, 9.17) is 4.74 Å². The smallest absolute Gasteiger partial charge is 0.0705 e. The van der Waals surface area contributed by atoms with Gasteiger partial charge in [-0.25, -0.2) is 0 Å². The van der Waals surface area contributed by atoms with Crippen molar-refractivity contribution in [3.8, 4) is 0 Å². The number of benzene rings is 1. The number of pyridine rings is 1. The van der Waals surface area contributed by atoms with Crippen molar-refractivity contribution < 1.29 is 4.74 Å². The summed E-state index contributed by atoms with van der Waals surface area (Å²) in [6, 6.07) is 8.61. The second-order valence-corrected chi connectivity index (χ2v) is 6.81. The Morgan fingerprint density at radius 1 is 1.30 bits per heavy atom. The molecule has 3 nitrogen and oxygen atoms in total. The van der Waals surface area contributed by atoms with Gasteiger partial charge in [0.25, 0.3) is 0 Å². The van der Waals surface area contributed by atoms with Crippen molar-refractivity contribution >= 4 is 10.9 Å². The molecule has 3 rings (SSSR count). The fourth-order valence-corrected chi connectivity index (χ4v) is 3.80. The van der Waals surface area contributed by atoms with Gasteiger partial charge in [-0.15, -0.1) is 0 Å². The van der Waals surface area contributed by atoms with Gasteiger partial charge in [0.05, 0.1) is 5.52 Å². The molecule has 0 aliphatic carbocycles. The van der Waals surface area contributed by atoms with Crippen LogP contribution in [0.2, 0.25) is 0 Å². The minimum atomic E-state index is 0.826. The van der Waals surface area contributed by atoms with E-state index in [9.17, 15) is 0 Å². The third-order valence-corrected chi connectivity index (χ3v) is 5.08. The van der Waals surface area contributed by atoms with Gasteiger partial charge in [-0.3, -0.25) is 9.88 Å². The van der Waals surface area contributed by atoms with E-state index < -0.39 is 0 Å². The summed E-state index contributed by atoms with van der Waals surface area (Å²) < 4.78 is 5.20. The van der Waals surface area contributed by atoms with Gasteiger partial charge in [0.15, 0.2) is 0 Å². The third kappa shape index (κ3) is 4.10. The van der Waals surface area contributed by atoms with Crippen molar-refractivity contribution in [3.63, 3.8) is 0 Å². The second kappa shape index (κ2) is 7.89. The number of likely N-dealkylation sites (tertiary alicyclic amines) is 1. The monoisotopic (exact) mass is 312 g/mol. The van der Waals surface area contributed by atoms with Crippen LogP contribution >= 0.6 is 0 Å². The van der Waals surface area contributed by atoms with Crippen LogP contribution in [0.25, 0.3) is 10.9 Å². The van der Waals surface area contributed by atoms with Crippen molar-refractivity contribution in [2.24, 2.45) is 5.92 Å². The molecule has 0 radical (unpaired) electrons. The lowest BCUT2D eigenvalue weighted by molar-refractivity contribution is 0.143. The zero-order valence-corrected chi connectivity index (χ0v) is 14.4. The average molecular weight is 312 g/mol. The van der Waals surface area contributed by atoms with Crippen LogP contribution in [0.1, 0.15) is 36.8 Å². The minimum absolute atomic E-state index is 0.826. The fourth-order valence-electron chi connectivity index (χ4n) is 3.80. The molecule has 1 saturated heterocycles. The zero-order valence-electron chi connectivity index (χ0n) is 14.4. The van der Waals surface area contributed by atoms with Gasteiger partial charge in [0.1, 0.15) is 0 Å². The van der Waals surface area contributed by atoms with E-state index in [1.807, 2.05) is 6.20 Å². The number of aromatic nitrogens is 1. The first-order chi connectivity index (χ1) is 11.3. The summed E-state index contributed by atoms with van der Waals surface area (Å²) in [5.41, 5.74) is 3.95. The molecule has 3 heteroatoms. The van der Waals surface area contributed by atoms with Gasteiger partial charge in [-0.1, -0.05) is 12.1 Å². The molecule has 124 valence electrons. The van der Waals surface area contributed by atoms with Gasteiger partial charge >= 0.3 is 0 Å². The maximum atomic E-state index is 5.20. The van der Waals surface area contributed by atoms with Crippen molar-refractivity contribution in [3.05, 3.63) is 41.6 Å². The number of piperidine rings is 1. The number of hydrogen-bond acceptors (Lipinski definition) is 3. The topological polar surface area (TPSA) is 25.4 Å². The largest absolute Gasteiger partial charge is 0.385 e. The lowest BCUT2D eigenvalue weighted by Gasteiger charge is -2.33. The van der Waals surface area contributed by atoms with Gasteiger partial charge in [-0.2, -0.15) is 0 Å². The number of hydrogen-bond donors (Lipinski definition) is 0. The number of methoxy groups -OCH3 is 1. The molecular weight excluding hydrogens is 284 g/mol. The molecule has 2 heterocycles. The van der Waals surface area contributed by atoms with Gasteiger partial charge in [0.2, 0.25) is 0 Å². The molecule has 0 saturated carbocycles. The van der Waals surface area contributed by atoms with Crippen LogP contribution in [0.5, 0.6) is 0 Å². The van der Waals surface area contributed by atoms with Crippen LogP contribution in [0.15, 0.2) is 30.5 Å². The van der Waals surface area contributed by atoms with Crippen LogP contribution in [0.4, 0.5) is 0 Å². The summed E-state index contributed by atoms with van der Waals surface area (Å²) in [7, 11) is 1.80. The molecule has 1 atom stereocenters. The van der Waals surface area contributed by atoms with E-state index in [0.717, 1.165) is 24.6 Å². The molecule has 2 aromatic rings. The molecule has 1 aliphatic rings. The maximum Gasteiger partial charge on any atom is 0.0705 e. The van der Waals surface area contributed by atoms with Crippen molar-refractivity contribution in [2.45, 2.75) is 39.2 Å². The predicted molar refractivity (Wildman–Crippen MR) is 95.6 cm³/mol. The van der Waals surface area contributed by atoms with E-state index in [0.29, 0.717) is 0 Å². The van der Waals surface area contributed by atoms with Gasteiger partial charge < -0.3 is 4.74 Å². The molecule has 0 bridgehead atoms. The van der Waals surface area contributed by atoms with Crippen molar-refractivity contribution in [1.29, 1.82) is 0 Å². The molecule has 1 aromatic carbocycles. The van der Waals surface area contributed by atoms with E-state index >= 15 is 0 Å². The molecule has 0 spiro atoms. The van der Waals surface area contributed by atoms with Gasteiger partial charge in [0, 0.05) is 38.4 Å². The SMILES string of the molecule is COCCC[C@@H]1CCCN(Cc2c(C)ccc3ncccc23)C1. The summed E-state index contributed by atoms with van der Waals surface area (Å²) in [5, 5.41) is 1.31. The Labute approximate surface area is 139 Å². The normalized spacial score (nSPS) is 19.3. The van der Waals surface area contributed by atoms with E-state index in [1.165, 1.54) is 55.3 Å². The lowest BCUT2D eigenvalue weighted by atomic mass is 9.92. The molecule has 0 amide bonds. The molecular formula is C20H28N2O. The highest BCUT2D eigenvalue weighted by Gasteiger charge is 2.20. The Hall–Kier alpha value is -1.45. The first-order valence-electron chi connectivity index (χ1n) is 8.82. The lowest BCUT2D eigenvalue weighted by Crippen LogP contribution is -2.35. The number of ether oxygens (including phenoxy) is 1. The van der Waals surface area contributed by atoms with Crippen LogP contribution < -0.4 is 0 Å². The Kier molecular flexibility index (Phi) is 5.63. The Morgan fingerprint density at radius 2 is 2.22 bits per heavy atom. The minimum Gasteiger partial charge on any atom is -0.385 e. The molecule has 0 unspecified atom stereocenters. The number of aryl methyl sites for hydroxylation is 1. The van der Waals surface area contributed by atoms with Crippen LogP contribution in [0.3, 0.4) is 0 Å². The number of fused-ring (bicyclic) bond motifs is 1. The standard InChI is InChI=1S/C20H28N2O/c1-16-9-10-20-18(8-3-11-21-20)19(16)15-22-12-4-6-17(14-22)7-5-13-23-2/h3,8-11,17H,4-7,12-15H2,1-2H3/t17-/m0/s1. The van der Waals surface area contributed by atoms with Gasteiger partial charge in [-0.05, 0) is 68.3 Å². The quantitative estimate of drug-likeness (QED) is 0.748. The molecule has 1 aromatic heterocycles. The highest BCUT2D eigenvalue weighted by atomic mass is 16.5. The first-order valence-corrected chi connectivity index (χ1v) is 8.82. The first kappa shape index (κ1) is 16.4. The van der Waals surface area contributed by atoms with Crippen LogP contribution in [-0.2, 0) is 11.3 Å². The molecule has 1 aliphatic heterocycles. The molecule has 0 N–H and O–H groups in total. The molecule has 1 fully saturated rings. The number of rotatable bonds is 6. The Balaban J connectivity index is 1.70. The summed E-state index contributed by atoms with van der Waals surface area (Å²) in [6.07, 6.45) is 7.05. The zero-order chi connectivity index (χ0) is 16.1. The Bertz CT molecular complexity index is 641. The third-order valence-electron chi connectivity index (χ3n) is 5.08. The van der Waals surface area contributed by atoms with Crippen LogP contribution in [0, 0.1) is 12.8 Å². The van der Waals surface area contributed by atoms with E-state index in [2.05, 4.69) is 41.1 Å². The predicted octanol–water partition coefficient (Wildman–Crippen LogP) is 4.18. The second-order valence-electron chi connectivity index (χ2n) is 6.81.